The molecule has 0 amide bonds. The number of esters is 1. The van der Waals surface area contributed by atoms with Crippen LogP contribution in [0.1, 0.15) is 27.2 Å². The SMILES string of the molecule is C=CC(=O)OCC.CC1CC(OC=O)COC1C. The van der Waals surface area contributed by atoms with Crippen molar-refractivity contribution in [2.45, 2.75) is 39.4 Å². The first-order chi connectivity index (χ1) is 8.54. The average Bonchev–Trinajstić information content (AvgIpc) is 2.35. The van der Waals surface area contributed by atoms with Crippen molar-refractivity contribution in [3.05, 3.63) is 12.7 Å². The predicted molar refractivity (Wildman–Crippen MR) is 67.0 cm³/mol. The summed E-state index contributed by atoms with van der Waals surface area (Å²) in [6, 6.07) is 0. The van der Waals surface area contributed by atoms with Crippen molar-refractivity contribution in [2.24, 2.45) is 5.92 Å². The molecule has 1 saturated heterocycles. The first kappa shape index (κ1) is 16.6. The van der Waals surface area contributed by atoms with Gasteiger partial charge in [-0.15, -0.1) is 0 Å². The van der Waals surface area contributed by atoms with E-state index in [4.69, 9.17) is 9.47 Å². The van der Waals surface area contributed by atoms with E-state index < -0.39 is 0 Å². The highest BCUT2D eigenvalue weighted by molar-refractivity contribution is 5.81. The van der Waals surface area contributed by atoms with Gasteiger partial charge in [0, 0.05) is 6.08 Å². The van der Waals surface area contributed by atoms with Crippen LogP contribution >= 0.6 is 0 Å². The lowest BCUT2D eigenvalue weighted by atomic mass is 9.96. The van der Waals surface area contributed by atoms with E-state index in [1.165, 1.54) is 0 Å². The van der Waals surface area contributed by atoms with Crippen molar-refractivity contribution in [1.29, 1.82) is 0 Å². The van der Waals surface area contributed by atoms with Gasteiger partial charge in [0.1, 0.15) is 6.10 Å². The topological polar surface area (TPSA) is 61.8 Å². The molecule has 0 N–H and O–H groups in total. The molecule has 5 heteroatoms. The molecule has 1 heterocycles. The Balaban J connectivity index is 0.000000360. The minimum Gasteiger partial charge on any atom is -0.463 e. The summed E-state index contributed by atoms with van der Waals surface area (Å²) >= 11 is 0. The van der Waals surface area contributed by atoms with Crippen LogP contribution in [0.4, 0.5) is 0 Å². The van der Waals surface area contributed by atoms with E-state index in [1.54, 1.807) is 6.92 Å². The molecule has 1 fully saturated rings. The minimum absolute atomic E-state index is 0.0290. The van der Waals surface area contributed by atoms with E-state index in [-0.39, 0.29) is 12.1 Å². The Hall–Kier alpha value is -1.36. The Morgan fingerprint density at radius 1 is 1.50 bits per heavy atom. The standard InChI is InChI=1S/C8H14O3.C5H8O2/c1-6-3-8(11-5-9)4-10-7(6)2;1-3-5(6)7-4-2/h5-8H,3-4H2,1-2H3;3H,1,4H2,2H3. The summed E-state index contributed by atoms with van der Waals surface area (Å²) in [7, 11) is 0. The molecule has 104 valence electrons. The van der Waals surface area contributed by atoms with Crippen molar-refractivity contribution in [2.75, 3.05) is 13.2 Å². The van der Waals surface area contributed by atoms with Gasteiger partial charge in [0.15, 0.2) is 0 Å². The Labute approximate surface area is 108 Å². The van der Waals surface area contributed by atoms with Crippen LogP contribution in [0, 0.1) is 5.92 Å². The summed E-state index contributed by atoms with van der Waals surface area (Å²) in [5.74, 6) is 0.121. The smallest absolute Gasteiger partial charge is 0.330 e. The Kier molecular flexibility index (Phi) is 8.92. The van der Waals surface area contributed by atoms with Gasteiger partial charge in [0.25, 0.3) is 6.47 Å². The number of carbonyl (C=O) groups excluding carboxylic acids is 2. The van der Waals surface area contributed by atoms with Crippen molar-refractivity contribution in [1.82, 2.24) is 0 Å². The maximum atomic E-state index is 10.1. The second-order valence-electron chi connectivity index (χ2n) is 4.06. The quantitative estimate of drug-likeness (QED) is 0.436. The average molecular weight is 258 g/mol. The molecule has 18 heavy (non-hydrogen) atoms. The number of ether oxygens (including phenoxy) is 3. The molecule has 0 saturated carbocycles. The molecular weight excluding hydrogens is 236 g/mol. The van der Waals surface area contributed by atoms with Gasteiger partial charge in [-0.2, -0.15) is 0 Å². The van der Waals surface area contributed by atoms with E-state index in [0.717, 1.165) is 12.5 Å². The van der Waals surface area contributed by atoms with E-state index in [2.05, 4.69) is 18.2 Å². The fourth-order valence-electron chi connectivity index (χ4n) is 1.47. The van der Waals surface area contributed by atoms with Gasteiger partial charge < -0.3 is 14.2 Å². The molecule has 5 nitrogen and oxygen atoms in total. The summed E-state index contributed by atoms with van der Waals surface area (Å²) < 4.78 is 14.6. The van der Waals surface area contributed by atoms with E-state index >= 15 is 0 Å². The summed E-state index contributed by atoms with van der Waals surface area (Å²) in [6.45, 7) is 10.6. The van der Waals surface area contributed by atoms with Gasteiger partial charge in [-0.1, -0.05) is 13.5 Å². The van der Waals surface area contributed by atoms with E-state index in [9.17, 15) is 9.59 Å². The van der Waals surface area contributed by atoms with E-state index in [1.807, 2.05) is 6.92 Å². The highest BCUT2D eigenvalue weighted by Crippen LogP contribution is 2.21. The van der Waals surface area contributed by atoms with Crippen LogP contribution < -0.4 is 0 Å². The Morgan fingerprint density at radius 3 is 2.56 bits per heavy atom. The highest BCUT2D eigenvalue weighted by Gasteiger charge is 2.25. The molecule has 0 aromatic carbocycles. The second-order valence-corrected chi connectivity index (χ2v) is 4.06. The normalized spacial score (nSPS) is 26.3. The summed E-state index contributed by atoms with van der Waals surface area (Å²) in [6.07, 6.45) is 2.32. The molecule has 1 aliphatic heterocycles. The van der Waals surface area contributed by atoms with Crippen molar-refractivity contribution >= 4 is 12.4 Å². The van der Waals surface area contributed by atoms with Gasteiger partial charge in [-0.3, -0.25) is 4.79 Å². The van der Waals surface area contributed by atoms with Gasteiger partial charge >= 0.3 is 5.97 Å². The molecule has 0 bridgehead atoms. The zero-order chi connectivity index (χ0) is 14.0. The number of hydrogen-bond donors (Lipinski definition) is 0. The summed E-state index contributed by atoms with van der Waals surface area (Å²) in [5.41, 5.74) is 0. The number of hydrogen-bond acceptors (Lipinski definition) is 5. The van der Waals surface area contributed by atoms with Crippen LogP contribution in [-0.2, 0) is 23.8 Å². The fourth-order valence-corrected chi connectivity index (χ4v) is 1.47. The van der Waals surface area contributed by atoms with Crippen LogP contribution in [0.5, 0.6) is 0 Å². The van der Waals surface area contributed by atoms with Gasteiger partial charge in [0.2, 0.25) is 0 Å². The molecule has 0 aromatic rings. The van der Waals surface area contributed by atoms with Crippen molar-refractivity contribution in [3.8, 4) is 0 Å². The summed E-state index contributed by atoms with van der Waals surface area (Å²) in [5, 5.41) is 0. The monoisotopic (exact) mass is 258 g/mol. The molecule has 3 unspecified atom stereocenters. The number of carbonyl (C=O) groups is 2. The summed E-state index contributed by atoms with van der Waals surface area (Å²) in [4.78, 5) is 20.1. The first-order valence-electron chi connectivity index (χ1n) is 6.05. The van der Waals surface area contributed by atoms with Crippen molar-refractivity contribution in [3.63, 3.8) is 0 Å². The third-order valence-corrected chi connectivity index (χ3v) is 2.68. The van der Waals surface area contributed by atoms with Crippen LogP contribution in [0.25, 0.3) is 0 Å². The molecule has 1 aliphatic rings. The maximum absolute atomic E-state index is 10.1. The lowest BCUT2D eigenvalue weighted by molar-refractivity contribution is -0.146. The Morgan fingerprint density at radius 2 is 2.17 bits per heavy atom. The van der Waals surface area contributed by atoms with Gasteiger partial charge in [0.05, 0.1) is 19.3 Å². The van der Waals surface area contributed by atoms with Crippen LogP contribution in [-0.4, -0.2) is 37.9 Å². The zero-order valence-corrected chi connectivity index (χ0v) is 11.3. The van der Waals surface area contributed by atoms with Crippen molar-refractivity contribution < 1.29 is 23.8 Å². The minimum atomic E-state index is -0.359. The van der Waals surface area contributed by atoms with Crippen LogP contribution in [0.15, 0.2) is 12.7 Å². The predicted octanol–water partition coefficient (Wildman–Crippen LogP) is 1.71. The van der Waals surface area contributed by atoms with Crippen LogP contribution in [0.3, 0.4) is 0 Å². The third kappa shape index (κ3) is 7.06. The highest BCUT2D eigenvalue weighted by atomic mass is 16.6. The first-order valence-corrected chi connectivity index (χ1v) is 6.05. The number of rotatable bonds is 4. The molecule has 1 rings (SSSR count). The van der Waals surface area contributed by atoms with Gasteiger partial charge in [-0.05, 0) is 26.2 Å². The molecule has 0 radical (unpaired) electrons. The zero-order valence-electron chi connectivity index (χ0n) is 11.3. The molecule has 3 atom stereocenters. The molecular formula is C13H22O5. The maximum Gasteiger partial charge on any atom is 0.330 e. The Bertz CT molecular complexity index is 264. The lowest BCUT2D eigenvalue weighted by Gasteiger charge is -2.30. The molecule has 0 aromatic heterocycles. The third-order valence-electron chi connectivity index (χ3n) is 2.68. The van der Waals surface area contributed by atoms with Gasteiger partial charge in [-0.25, -0.2) is 4.79 Å². The van der Waals surface area contributed by atoms with E-state index in [0.29, 0.717) is 31.7 Å². The second kappa shape index (κ2) is 9.65. The molecule has 0 spiro atoms. The lowest BCUT2D eigenvalue weighted by Crippen LogP contribution is -2.35. The fraction of sp³-hybridized carbons (Fsp3) is 0.692. The molecule has 0 aliphatic carbocycles. The van der Waals surface area contributed by atoms with Crippen LogP contribution in [0.2, 0.25) is 0 Å². The largest absolute Gasteiger partial charge is 0.463 e.